The minimum Gasteiger partial charge on any atom is -0.496 e. The zero-order valence-electron chi connectivity index (χ0n) is 17.0. The molecule has 0 bridgehead atoms. The van der Waals surface area contributed by atoms with Crippen LogP contribution in [-0.2, 0) is 0 Å². The second-order valence-electron chi connectivity index (χ2n) is 6.75. The molecule has 2 N–H and O–H groups in total. The minimum atomic E-state index is -0.550. The van der Waals surface area contributed by atoms with Crippen LogP contribution in [0.3, 0.4) is 0 Å². The summed E-state index contributed by atoms with van der Waals surface area (Å²) in [6, 6.07) is 8.19. The predicted octanol–water partition coefficient (Wildman–Crippen LogP) is 2.81. The fourth-order valence-electron chi connectivity index (χ4n) is 2.73. The van der Waals surface area contributed by atoms with Gasteiger partial charge in [0.25, 0.3) is 17.3 Å². The smallest absolute Gasteiger partial charge is 0.293 e. The maximum absolute atomic E-state index is 12.7. The normalized spacial score (nSPS) is 11.3. The van der Waals surface area contributed by atoms with Crippen molar-refractivity contribution in [3.63, 3.8) is 0 Å². The van der Waals surface area contributed by atoms with E-state index in [9.17, 15) is 25.0 Å². The molecule has 2 aromatic carbocycles. The molecule has 2 aromatic rings. The van der Waals surface area contributed by atoms with Crippen molar-refractivity contribution in [1.29, 1.82) is 0 Å². The number of anilines is 2. The average molecular weight is 417 g/mol. The SMILES string of the molecule is COc1cc(N(C)C)c([N+](=O)[O-])cc1C(=O)NC(C)CNc1ccc([N+](=O)[O-])cc1. The van der Waals surface area contributed by atoms with Crippen molar-refractivity contribution in [2.45, 2.75) is 13.0 Å². The lowest BCUT2D eigenvalue weighted by atomic mass is 10.1. The summed E-state index contributed by atoms with van der Waals surface area (Å²) >= 11 is 0. The van der Waals surface area contributed by atoms with Gasteiger partial charge < -0.3 is 20.3 Å². The van der Waals surface area contributed by atoms with Gasteiger partial charge in [0.2, 0.25) is 0 Å². The topological polar surface area (TPSA) is 140 Å². The number of non-ortho nitro benzene ring substituents is 1. The average Bonchev–Trinajstić information content (AvgIpc) is 2.71. The van der Waals surface area contributed by atoms with Gasteiger partial charge in [-0.05, 0) is 19.1 Å². The Morgan fingerprint density at radius 3 is 2.27 bits per heavy atom. The number of hydrogen-bond acceptors (Lipinski definition) is 8. The third kappa shape index (κ3) is 5.34. The quantitative estimate of drug-likeness (QED) is 0.469. The van der Waals surface area contributed by atoms with Crippen LogP contribution in [0.25, 0.3) is 0 Å². The first-order valence-electron chi connectivity index (χ1n) is 8.97. The number of nitro benzene ring substituents is 2. The maximum atomic E-state index is 12.7. The molecular formula is C19H23N5O6. The highest BCUT2D eigenvalue weighted by Gasteiger charge is 2.24. The molecule has 0 fully saturated rings. The first-order valence-corrected chi connectivity index (χ1v) is 8.97. The highest BCUT2D eigenvalue weighted by Crippen LogP contribution is 2.34. The van der Waals surface area contributed by atoms with E-state index in [0.29, 0.717) is 17.9 Å². The molecule has 0 saturated carbocycles. The molecular weight excluding hydrogens is 394 g/mol. The molecule has 30 heavy (non-hydrogen) atoms. The van der Waals surface area contributed by atoms with E-state index in [-0.39, 0.29) is 28.7 Å². The Hall–Kier alpha value is -3.89. The summed E-state index contributed by atoms with van der Waals surface area (Å²) in [7, 11) is 4.71. The van der Waals surface area contributed by atoms with Crippen molar-refractivity contribution in [2.75, 3.05) is 38.0 Å². The molecule has 0 spiro atoms. The number of carbonyl (C=O) groups excluding carboxylic acids is 1. The van der Waals surface area contributed by atoms with Crippen molar-refractivity contribution in [3.05, 3.63) is 62.2 Å². The Balaban J connectivity index is 2.11. The first-order chi connectivity index (χ1) is 14.1. The Morgan fingerprint density at radius 2 is 1.77 bits per heavy atom. The number of carbonyl (C=O) groups is 1. The Labute approximate surface area is 172 Å². The largest absolute Gasteiger partial charge is 0.496 e. The van der Waals surface area contributed by atoms with Gasteiger partial charge in [-0.2, -0.15) is 0 Å². The maximum Gasteiger partial charge on any atom is 0.293 e. The lowest BCUT2D eigenvalue weighted by molar-refractivity contribution is -0.384. The molecule has 0 aliphatic carbocycles. The fraction of sp³-hybridized carbons (Fsp3) is 0.316. The van der Waals surface area contributed by atoms with Crippen LogP contribution < -0.4 is 20.3 Å². The van der Waals surface area contributed by atoms with E-state index in [4.69, 9.17) is 4.74 Å². The van der Waals surface area contributed by atoms with Crippen molar-refractivity contribution >= 4 is 28.7 Å². The lowest BCUT2D eigenvalue weighted by Gasteiger charge is -2.19. The Kier molecular flexibility index (Phi) is 7.13. The number of amides is 1. The number of nitro groups is 2. The summed E-state index contributed by atoms with van der Waals surface area (Å²) in [6.07, 6.45) is 0. The fourth-order valence-corrected chi connectivity index (χ4v) is 2.73. The van der Waals surface area contributed by atoms with Crippen molar-refractivity contribution in [2.24, 2.45) is 0 Å². The van der Waals surface area contributed by atoms with Gasteiger partial charge in [-0.25, -0.2) is 0 Å². The zero-order chi connectivity index (χ0) is 22.4. The van der Waals surface area contributed by atoms with E-state index in [1.807, 2.05) is 0 Å². The second kappa shape index (κ2) is 9.54. The van der Waals surface area contributed by atoms with Gasteiger partial charge in [0.15, 0.2) is 0 Å². The molecule has 1 amide bonds. The molecule has 11 heteroatoms. The van der Waals surface area contributed by atoms with Gasteiger partial charge in [0.05, 0.1) is 22.5 Å². The number of nitrogens with zero attached hydrogens (tertiary/aromatic N) is 3. The molecule has 0 saturated heterocycles. The predicted molar refractivity (Wildman–Crippen MR) is 112 cm³/mol. The molecule has 0 aromatic heterocycles. The molecule has 2 rings (SSSR count). The minimum absolute atomic E-state index is 0.0169. The van der Waals surface area contributed by atoms with Crippen LogP contribution in [0.4, 0.5) is 22.7 Å². The summed E-state index contributed by atoms with van der Waals surface area (Å²) in [5.74, 6) is -0.296. The van der Waals surface area contributed by atoms with E-state index in [0.717, 1.165) is 0 Å². The Bertz CT molecular complexity index is 945. The van der Waals surface area contributed by atoms with Crippen LogP contribution in [0.5, 0.6) is 5.75 Å². The van der Waals surface area contributed by atoms with Crippen molar-refractivity contribution < 1.29 is 19.4 Å². The summed E-state index contributed by atoms with van der Waals surface area (Å²) in [5, 5.41) is 27.9. The first kappa shape index (κ1) is 22.4. The number of benzene rings is 2. The van der Waals surface area contributed by atoms with Crippen LogP contribution in [0.1, 0.15) is 17.3 Å². The molecule has 0 aliphatic heterocycles. The lowest BCUT2D eigenvalue weighted by Crippen LogP contribution is -2.37. The highest BCUT2D eigenvalue weighted by atomic mass is 16.6. The molecule has 1 atom stereocenters. The van der Waals surface area contributed by atoms with Crippen LogP contribution in [0.2, 0.25) is 0 Å². The summed E-state index contributed by atoms with van der Waals surface area (Å²) in [4.78, 5) is 35.3. The van der Waals surface area contributed by atoms with Crippen LogP contribution in [0.15, 0.2) is 36.4 Å². The third-order valence-electron chi connectivity index (χ3n) is 4.29. The van der Waals surface area contributed by atoms with E-state index >= 15 is 0 Å². The molecule has 1 unspecified atom stereocenters. The Morgan fingerprint density at radius 1 is 1.13 bits per heavy atom. The van der Waals surface area contributed by atoms with E-state index in [2.05, 4.69) is 10.6 Å². The second-order valence-corrected chi connectivity index (χ2v) is 6.75. The molecule has 0 aliphatic rings. The summed E-state index contributed by atoms with van der Waals surface area (Å²) in [5.41, 5.74) is 0.808. The van der Waals surface area contributed by atoms with Crippen LogP contribution in [0, 0.1) is 20.2 Å². The third-order valence-corrected chi connectivity index (χ3v) is 4.29. The number of ether oxygens (including phenoxy) is 1. The summed E-state index contributed by atoms with van der Waals surface area (Å²) < 4.78 is 5.25. The van der Waals surface area contributed by atoms with Gasteiger partial charge in [-0.15, -0.1) is 0 Å². The summed E-state index contributed by atoms with van der Waals surface area (Å²) in [6.45, 7) is 2.09. The number of hydrogen-bond donors (Lipinski definition) is 2. The van der Waals surface area contributed by atoms with E-state index < -0.39 is 15.8 Å². The monoisotopic (exact) mass is 417 g/mol. The standard InChI is InChI=1S/C19H23N5O6/c1-12(11-20-13-5-7-14(8-6-13)23(26)27)21-19(25)15-9-17(24(28)29)16(22(2)3)10-18(15)30-4/h5-10,12,20H,11H2,1-4H3,(H,21,25). The van der Waals surface area contributed by atoms with Crippen molar-refractivity contribution in [3.8, 4) is 5.75 Å². The molecule has 160 valence electrons. The van der Waals surface area contributed by atoms with Gasteiger partial charge in [0.1, 0.15) is 11.4 Å². The van der Waals surface area contributed by atoms with Crippen LogP contribution in [-0.4, -0.2) is 49.5 Å². The van der Waals surface area contributed by atoms with Crippen LogP contribution >= 0.6 is 0 Å². The molecule has 11 nitrogen and oxygen atoms in total. The van der Waals surface area contributed by atoms with Gasteiger partial charge in [-0.3, -0.25) is 25.0 Å². The molecule has 0 heterocycles. The number of methoxy groups -OCH3 is 1. The van der Waals surface area contributed by atoms with Gasteiger partial charge >= 0.3 is 0 Å². The molecule has 0 radical (unpaired) electrons. The number of nitrogens with one attached hydrogen (secondary N) is 2. The van der Waals surface area contributed by atoms with Crippen molar-refractivity contribution in [1.82, 2.24) is 5.32 Å². The van der Waals surface area contributed by atoms with E-state index in [1.165, 1.54) is 31.4 Å². The zero-order valence-corrected chi connectivity index (χ0v) is 17.0. The highest BCUT2D eigenvalue weighted by molar-refractivity contribution is 5.99. The number of rotatable bonds is 9. The van der Waals surface area contributed by atoms with E-state index in [1.54, 1.807) is 38.1 Å². The van der Waals surface area contributed by atoms with Gasteiger partial charge in [0, 0.05) is 56.6 Å². The van der Waals surface area contributed by atoms with Gasteiger partial charge in [-0.1, -0.05) is 0 Å².